The number of hydrogen-bond donors (Lipinski definition) is 1. The summed E-state index contributed by atoms with van der Waals surface area (Å²) in [5.74, 6) is 0. The Labute approximate surface area is 349 Å². The van der Waals surface area contributed by atoms with Crippen molar-refractivity contribution >= 4 is 89.7 Å². The molecule has 2 heterocycles. The first-order valence-corrected chi connectivity index (χ1v) is 23.5. The van der Waals surface area contributed by atoms with Crippen molar-refractivity contribution in [2.24, 2.45) is 0 Å². The van der Waals surface area contributed by atoms with Gasteiger partial charge in [-0.3, -0.25) is 0 Å². The van der Waals surface area contributed by atoms with Crippen molar-refractivity contribution in [3.63, 3.8) is 0 Å². The van der Waals surface area contributed by atoms with Crippen LogP contribution in [0.1, 0.15) is 0 Å². The van der Waals surface area contributed by atoms with E-state index < -0.39 is 14.3 Å². The maximum Gasteiger partial charge on any atom is 0.171 e. The standard InChI is InChI=1S/C42H31NO2P2.C12H9N/c44-46(33-18-8-2-9-19-33,34-20-10-3-11-21-34)37-26-28-41-39(30-37)40-31-38(27-29-42(40)43(41)32-16-6-1-7-17-32)47(45,35-22-12-4-13-23-35)36-24-14-5-15-25-36;1-3-7-11-9(5-1)10-6-2-4-8-12(10)13-11/h1-31H;1-8,13H. The molecule has 1 N–H and O–H groups in total. The number of para-hydroxylation sites is 3. The van der Waals surface area contributed by atoms with Gasteiger partial charge in [-0.05, 0) is 60.7 Å². The van der Waals surface area contributed by atoms with Gasteiger partial charge in [0.2, 0.25) is 0 Å². The molecular weight excluding hydrogens is 771 g/mol. The SMILES string of the molecule is O=P(c1ccccc1)(c1ccccc1)c1ccc2c(c1)c1cc(P(=O)(c3ccccc3)c3ccccc3)ccc1n2-c1ccccc1.c1ccc2c(c1)[nH]c1ccccc12. The van der Waals surface area contributed by atoms with Crippen LogP contribution in [-0.2, 0) is 9.13 Å². The molecular formula is C54H40N2O2P2. The van der Waals surface area contributed by atoms with E-state index in [9.17, 15) is 0 Å². The molecule has 0 saturated carbocycles. The lowest BCUT2D eigenvalue weighted by molar-refractivity contribution is 0.591. The van der Waals surface area contributed by atoms with Crippen LogP contribution in [0.3, 0.4) is 0 Å². The first-order chi connectivity index (χ1) is 29.5. The predicted molar refractivity (Wildman–Crippen MR) is 255 cm³/mol. The van der Waals surface area contributed by atoms with Crippen LogP contribution in [-0.4, -0.2) is 9.55 Å². The van der Waals surface area contributed by atoms with Crippen LogP contribution in [0, 0.1) is 0 Å². The zero-order valence-corrected chi connectivity index (χ0v) is 34.5. The fraction of sp³-hybridized carbons (Fsp3) is 0. The van der Waals surface area contributed by atoms with E-state index >= 15 is 9.13 Å². The van der Waals surface area contributed by atoms with Crippen molar-refractivity contribution in [3.8, 4) is 5.69 Å². The molecule has 0 aliphatic heterocycles. The van der Waals surface area contributed by atoms with E-state index in [0.29, 0.717) is 0 Å². The van der Waals surface area contributed by atoms with Gasteiger partial charge in [-0.25, -0.2) is 0 Å². The highest BCUT2D eigenvalue weighted by atomic mass is 31.2. The number of rotatable bonds is 7. The van der Waals surface area contributed by atoms with Crippen molar-refractivity contribution in [1.82, 2.24) is 9.55 Å². The minimum absolute atomic E-state index is 0.759. The van der Waals surface area contributed by atoms with Gasteiger partial charge in [0.05, 0.1) is 11.0 Å². The summed E-state index contributed by atoms with van der Waals surface area (Å²) in [6.45, 7) is 0. The Hall–Kier alpha value is -6.96. The Bertz CT molecular complexity index is 3070. The number of fused-ring (bicyclic) bond motifs is 6. The zero-order valence-electron chi connectivity index (χ0n) is 32.7. The molecule has 0 aliphatic rings. The minimum atomic E-state index is -3.23. The molecule has 0 aliphatic carbocycles. The van der Waals surface area contributed by atoms with E-state index in [0.717, 1.165) is 59.3 Å². The van der Waals surface area contributed by atoms with Crippen molar-refractivity contribution in [3.05, 3.63) is 237 Å². The van der Waals surface area contributed by atoms with E-state index in [2.05, 4.69) is 94.5 Å². The van der Waals surface area contributed by atoms with Gasteiger partial charge in [-0.15, -0.1) is 0 Å². The van der Waals surface area contributed by atoms with E-state index in [4.69, 9.17) is 0 Å². The third kappa shape index (κ3) is 6.42. The number of aromatic nitrogens is 2. The number of H-pyrrole nitrogens is 1. The molecule has 0 amide bonds. The lowest BCUT2D eigenvalue weighted by atomic mass is 10.1. The van der Waals surface area contributed by atoms with E-state index in [-0.39, 0.29) is 0 Å². The summed E-state index contributed by atoms with van der Waals surface area (Å²) in [4.78, 5) is 3.38. The molecule has 0 saturated heterocycles. The third-order valence-corrected chi connectivity index (χ3v) is 17.5. The lowest BCUT2D eigenvalue weighted by Gasteiger charge is -2.20. The van der Waals surface area contributed by atoms with Crippen LogP contribution in [0.4, 0.5) is 0 Å². The maximum atomic E-state index is 15.4. The number of benzene rings is 9. The molecule has 2 aromatic heterocycles. The van der Waals surface area contributed by atoms with Gasteiger partial charge in [-0.2, -0.15) is 0 Å². The number of nitrogens with one attached hydrogen (secondary N) is 1. The quantitative estimate of drug-likeness (QED) is 0.163. The summed E-state index contributed by atoms with van der Waals surface area (Å²) < 4.78 is 33.1. The molecule has 0 spiro atoms. The van der Waals surface area contributed by atoms with Crippen molar-refractivity contribution in [2.75, 3.05) is 0 Å². The van der Waals surface area contributed by atoms with Crippen LogP contribution in [0.2, 0.25) is 0 Å². The number of aromatic amines is 1. The molecule has 288 valence electrons. The summed E-state index contributed by atoms with van der Waals surface area (Å²) >= 11 is 0. The Morgan fingerprint density at radius 1 is 0.300 bits per heavy atom. The number of nitrogens with zero attached hydrogens (tertiary/aromatic N) is 1. The van der Waals surface area contributed by atoms with E-state index in [1.807, 2.05) is 152 Å². The molecule has 4 nitrogen and oxygen atoms in total. The van der Waals surface area contributed by atoms with Gasteiger partial charge in [-0.1, -0.05) is 176 Å². The van der Waals surface area contributed by atoms with Crippen LogP contribution in [0.15, 0.2) is 237 Å². The normalized spacial score (nSPS) is 11.8. The average Bonchev–Trinajstić information content (AvgIpc) is 3.88. The Morgan fingerprint density at radius 2 is 0.617 bits per heavy atom. The third-order valence-electron chi connectivity index (χ3n) is 11.4. The molecule has 0 atom stereocenters. The molecule has 11 aromatic rings. The highest BCUT2D eigenvalue weighted by Gasteiger charge is 2.32. The van der Waals surface area contributed by atoms with E-state index in [1.165, 1.54) is 21.8 Å². The van der Waals surface area contributed by atoms with Crippen LogP contribution in [0.5, 0.6) is 0 Å². The highest BCUT2D eigenvalue weighted by molar-refractivity contribution is 7.85. The minimum Gasteiger partial charge on any atom is -0.355 e. The van der Waals surface area contributed by atoms with Gasteiger partial charge in [0.1, 0.15) is 0 Å². The van der Waals surface area contributed by atoms with Gasteiger partial charge in [0.25, 0.3) is 0 Å². The molecule has 60 heavy (non-hydrogen) atoms. The van der Waals surface area contributed by atoms with Gasteiger partial charge in [0.15, 0.2) is 14.3 Å². The molecule has 11 rings (SSSR count). The predicted octanol–water partition coefficient (Wildman–Crippen LogP) is 11.4. The van der Waals surface area contributed by atoms with Crippen LogP contribution < -0.4 is 31.8 Å². The fourth-order valence-corrected chi connectivity index (χ4v) is 13.8. The smallest absolute Gasteiger partial charge is 0.171 e. The summed E-state index contributed by atoms with van der Waals surface area (Å²) in [7, 11) is -6.45. The number of hydrogen-bond acceptors (Lipinski definition) is 2. The average molecular weight is 811 g/mol. The Morgan fingerprint density at radius 3 is 0.983 bits per heavy atom. The molecule has 0 radical (unpaired) electrons. The van der Waals surface area contributed by atoms with Crippen molar-refractivity contribution in [2.45, 2.75) is 0 Å². The first kappa shape index (κ1) is 37.3. The first-order valence-electron chi connectivity index (χ1n) is 20.1. The van der Waals surface area contributed by atoms with E-state index in [1.54, 1.807) is 0 Å². The molecule has 0 fully saturated rings. The maximum absolute atomic E-state index is 15.4. The monoisotopic (exact) mass is 810 g/mol. The molecule has 0 unspecified atom stereocenters. The van der Waals surface area contributed by atoms with Gasteiger partial charge in [0, 0.05) is 70.1 Å². The summed E-state index contributed by atoms with van der Waals surface area (Å²) in [5, 5.41) is 9.20. The Kier molecular flexibility index (Phi) is 9.74. The summed E-state index contributed by atoms with van der Waals surface area (Å²) in [6, 6.07) is 78.5. The summed E-state index contributed by atoms with van der Waals surface area (Å²) in [5.41, 5.74) is 5.44. The topological polar surface area (TPSA) is 54.9 Å². The Balaban J connectivity index is 0.000000281. The molecule has 0 bridgehead atoms. The van der Waals surface area contributed by atoms with Crippen LogP contribution in [0.25, 0.3) is 49.3 Å². The zero-order chi connectivity index (χ0) is 40.5. The highest BCUT2D eigenvalue weighted by Crippen LogP contribution is 2.46. The second kappa shape index (κ2) is 15.7. The fourth-order valence-electron chi connectivity index (χ4n) is 8.49. The molecule has 6 heteroatoms. The van der Waals surface area contributed by atoms with Crippen molar-refractivity contribution in [1.29, 1.82) is 0 Å². The lowest BCUT2D eigenvalue weighted by Crippen LogP contribution is -2.25. The molecule has 9 aromatic carbocycles. The largest absolute Gasteiger partial charge is 0.355 e. The van der Waals surface area contributed by atoms with Crippen molar-refractivity contribution < 1.29 is 9.13 Å². The van der Waals surface area contributed by atoms with Crippen LogP contribution >= 0.6 is 14.3 Å². The second-order valence-electron chi connectivity index (χ2n) is 14.9. The van der Waals surface area contributed by atoms with Gasteiger partial charge < -0.3 is 18.7 Å². The van der Waals surface area contributed by atoms with Gasteiger partial charge >= 0.3 is 0 Å². The summed E-state index contributed by atoms with van der Waals surface area (Å²) in [6.07, 6.45) is 0. The second-order valence-corrected chi connectivity index (χ2v) is 20.4.